The van der Waals surface area contributed by atoms with E-state index in [-0.39, 0.29) is 11.7 Å². The largest absolute Gasteiger partial charge is 0.497 e. The van der Waals surface area contributed by atoms with Crippen molar-refractivity contribution in [2.45, 2.75) is 25.9 Å². The summed E-state index contributed by atoms with van der Waals surface area (Å²) >= 11 is 0. The van der Waals surface area contributed by atoms with Crippen molar-refractivity contribution in [3.63, 3.8) is 0 Å². The summed E-state index contributed by atoms with van der Waals surface area (Å²) in [5, 5.41) is 0. The van der Waals surface area contributed by atoms with Gasteiger partial charge in [0.05, 0.1) is 13.7 Å². The number of hydrogen-bond acceptors (Lipinski definition) is 3. The Kier molecular flexibility index (Phi) is 5.60. The fourth-order valence-corrected chi connectivity index (χ4v) is 3.38. The average Bonchev–Trinajstić information content (AvgIpc) is 3.46. The summed E-state index contributed by atoms with van der Waals surface area (Å²) in [5.41, 5.74) is 1.60. The molecule has 6 heteroatoms. The van der Waals surface area contributed by atoms with Crippen molar-refractivity contribution in [1.29, 1.82) is 0 Å². The lowest BCUT2D eigenvalue weighted by atomic mass is 10.2. The van der Waals surface area contributed by atoms with Gasteiger partial charge >= 0.3 is 0 Å². The fraction of sp³-hybridized carbons (Fsp3) is 0.304. The molecular formula is C23H24FN3O2. The van der Waals surface area contributed by atoms with E-state index in [0.717, 1.165) is 30.0 Å². The zero-order valence-electron chi connectivity index (χ0n) is 16.4. The summed E-state index contributed by atoms with van der Waals surface area (Å²) in [6, 6.07) is 13.6. The van der Waals surface area contributed by atoms with Gasteiger partial charge in [0.2, 0.25) is 0 Å². The van der Waals surface area contributed by atoms with Crippen molar-refractivity contribution in [3.05, 3.63) is 83.7 Å². The molecule has 0 aliphatic heterocycles. The second-order valence-electron chi connectivity index (χ2n) is 7.46. The van der Waals surface area contributed by atoms with Crippen LogP contribution < -0.4 is 4.74 Å². The first-order valence-corrected chi connectivity index (χ1v) is 9.80. The number of nitrogens with zero attached hydrogens (tertiary/aromatic N) is 3. The Hall–Kier alpha value is -3.15. The van der Waals surface area contributed by atoms with Gasteiger partial charge in [0.1, 0.15) is 17.4 Å². The number of amides is 1. The Morgan fingerprint density at radius 1 is 1.24 bits per heavy atom. The summed E-state index contributed by atoms with van der Waals surface area (Å²) in [5.74, 6) is 1.74. The van der Waals surface area contributed by atoms with Gasteiger partial charge < -0.3 is 14.2 Å². The van der Waals surface area contributed by atoms with Gasteiger partial charge in [-0.3, -0.25) is 4.79 Å². The Labute approximate surface area is 169 Å². The van der Waals surface area contributed by atoms with Crippen LogP contribution in [-0.2, 0) is 13.1 Å². The molecule has 1 saturated carbocycles. The highest BCUT2D eigenvalue weighted by molar-refractivity contribution is 5.94. The lowest BCUT2D eigenvalue weighted by Crippen LogP contribution is -2.33. The van der Waals surface area contributed by atoms with Crippen molar-refractivity contribution in [1.82, 2.24) is 14.5 Å². The number of hydrogen-bond donors (Lipinski definition) is 0. The van der Waals surface area contributed by atoms with Crippen LogP contribution in [-0.4, -0.2) is 34.0 Å². The molecule has 29 heavy (non-hydrogen) atoms. The summed E-state index contributed by atoms with van der Waals surface area (Å²) in [6.45, 7) is 1.76. The van der Waals surface area contributed by atoms with Crippen molar-refractivity contribution >= 4 is 5.91 Å². The van der Waals surface area contributed by atoms with Gasteiger partial charge in [0.25, 0.3) is 5.91 Å². The van der Waals surface area contributed by atoms with Crippen molar-refractivity contribution in [2.75, 3.05) is 13.7 Å². The lowest BCUT2D eigenvalue weighted by molar-refractivity contribution is 0.0728. The number of carbonyl (C=O) groups excluding carboxylic acids is 1. The Morgan fingerprint density at radius 3 is 2.76 bits per heavy atom. The first-order valence-electron chi connectivity index (χ1n) is 9.80. The molecule has 150 valence electrons. The SMILES string of the molecule is COc1cccc(Cn2ccnc2CN(CC2CC2)C(=O)c2ccc(F)cc2)c1. The number of benzene rings is 2. The Balaban J connectivity index is 1.53. The van der Waals surface area contributed by atoms with Gasteiger partial charge in [-0.1, -0.05) is 12.1 Å². The van der Waals surface area contributed by atoms with Crippen LogP contribution in [0.15, 0.2) is 60.9 Å². The monoisotopic (exact) mass is 393 g/mol. The first kappa shape index (κ1) is 19.2. The molecule has 2 aromatic carbocycles. The van der Waals surface area contributed by atoms with Gasteiger partial charge in [-0.25, -0.2) is 9.37 Å². The molecule has 5 nitrogen and oxygen atoms in total. The molecule has 1 aliphatic carbocycles. The van der Waals surface area contributed by atoms with Crippen LogP contribution in [0.1, 0.15) is 34.6 Å². The first-order chi connectivity index (χ1) is 14.1. The van der Waals surface area contributed by atoms with E-state index in [1.807, 2.05) is 39.9 Å². The molecule has 0 N–H and O–H groups in total. The van der Waals surface area contributed by atoms with E-state index in [1.165, 1.54) is 12.1 Å². The number of rotatable bonds is 8. The maximum Gasteiger partial charge on any atom is 0.254 e. The van der Waals surface area contributed by atoms with E-state index in [9.17, 15) is 9.18 Å². The minimum absolute atomic E-state index is 0.0900. The smallest absolute Gasteiger partial charge is 0.254 e. The number of methoxy groups -OCH3 is 1. The number of aromatic nitrogens is 2. The summed E-state index contributed by atoms with van der Waals surface area (Å²) in [7, 11) is 1.65. The summed E-state index contributed by atoms with van der Waals surface area (Å²) in [6.07, 6.45) is 5.97. The predicted molar refractivity (Wildman–Crippen MR) is 108 cm³/mol. The quantitative estimate of drug-likeness (QED) is 0.578. The molecule has 1 aromatic heterocycles. The minimum atomic E-state index is -0.343. The van der Waals surface area contributed by atoms with Crippen LogP contribution in [0.4, 0.5) is 4.39 Å². The third-order valence-corrected chi connectivity index (χ3v) is 5.17. The molecule has 0 unspecified atom stereocenters. The lowest BCUT2D eigenvalue weighted by Gasteiger charge is -2.23. The molecule has 0 saturated heterocycles. The third-order valence-electron chi connectivity index (χ3n) is 5.17. The zero-order valence-corrected chi connectivity index (χ0v) is 16.4. The molecule has 0 radical (unpaired) electrons. The highest BCUT2D eigenvalue weighted by atomic mass is 19.1. The van der Waals surface area contributed by atoms with E-state index in [0.29, 0.717) is 31.1 Å². The molecule has 0 bridgehead atoms. The number of halogens is 1. The second kappa shape index (κ2) is 8.47. The highest BCUT2D eigenvalue weighted by Gasteiger charge is 2.28. The van der Waals surface area contributed by atoms with Gasteiger partial charge in [-0.15, -0.1) is 0 Å². The van der Waals surface area contributed by atoms with Crippen LogP contribution in [0.25, 0.3) is 0 Å². The minimum Gasteiger partial charge on any atom is -0.497 e. The number of carbonyl (C=O) groups is 1. The Bertz CT molecular complexity index is 980. The zero-order chi connectivity index (χ0) is 20.2. The van der Waals surface area contributed by atoms with Crippen LogP contribution >= 0.6 is 0 Å². The maximum absolute atomic E-state index is 13.2. The van der Waals surface area contributed by atoms with Crippen molar-refractivity contribution < 1.29 is 13.9 Å². The van der Waals surface area contributed by atoms with E-state index < -0.39 is 0 Å². The van der Waals surface area contributed by atoms with Gasteiger partial charge in [-0.05, 0) is 60.7 Å². The van der Waals surface area contributed by atoms with Crippen LogP contribution in [0, 0.1) is 11.7 Å². The number of ether oxygens (including phenoxy) is 1. The maximum atomic E-state index is 13.2. The van der Waals surface area contributed by atoms with E-state index in [1.54, 1.807) is 25.4 Å². The molecule has 0 spiro atoms. The van der Waals surface area contributed by atoms with Gasteiger partial charge in [-0.2, -0.15) is 0 Å². The molecule has 1 heterocycles. The van der Waals surface area contributed by atoms with E-state index >= 15 is 0 Å². The van der Waals surface area contributed by atoms with Gasteiger partial charge in [0, 0.05) is 31.0 Å². The topological polar surface area (TPSA) is 47.4 Å². The molecule has 1 amide bonds. The third kappa shape index (κ3) is 4.83. The van der Waals surface area contributed by atoms with Crippen molar-refractivity contribution in [3.8, 4) is 5.75 Å². The predicted octanol–water partition coefficient (Wildman–Crippen LogP) is 4.13. The van der Waals surface area contributed by atoms with Crippen LogP contribution in [0.5, 0.6) is 5.75 Å². The molecule has 0 atom stereocenters. The van der Waals surface area contributed by atoms with Crippen molar-refractivity contribution in [2.24, 2.45) is 5.92 Å². The Morgan fingerprint density at radius 2 is 2.03 bits per heavy atom. The van der Waals surface area contributed by atoms with Crippen LogP contribution in [0.2, 0.25) is 0 Å². The number of imidazole rings is 1. The standard InChI is InChI=1S/C23H24FN3O2/c1-29-21-4-2-3-18(13-21)15-26-12-11-25-22(26)16-27(14-17-5-6-17)23(28)19-7-9-20(24)10-8-19/h2-4,7-13,17H,5-6,14-16H2,1H3. The molecule has 4 rings (SSSR count). The summed E-state index contributed by atoms with van der Waals surface area (Å²) in [4.78, 5) is 19.4. The highest BCUT2D eigenvalue weighted by Crippen LogP contribution is 2.30. The average molecular weight is 393 g/mol. The van der Waals surface area contributed by atoms with Crippen LogP contribution in [0.3, 0.4) is 0 Å². The molecular weight excluding hydrogens is 369 g/mol. The summed E-state index contributed by atoms with van der Waals surface area (Å²) < 4.78 is 20.6. The normalized spacial score (nSPS) is 13.3. The van der Waals surface area contributed by atoms with Gasteiger partial charge in [0.15, 0.2) is 0 Å². The second-order valence-corrected chi connectivity index (χ2v) is 7.46. The molecule has 1 fully saturated rings. The molecule has 3 aromatic rings. The van der Waals surface area contributed by atoms with E-state index in [4.69, 9.17) is 4.74 Å². The molecule has 1 aliphatic rings. The fourth-order valence-electron chi connectivity index (χ4n) is 3.38. The van der Waals surface area contributed by atoms with E-state index in [2.05, 4.69) is 4.98 Å².